The van der Waals surface area contributed by atoms with Gasteiger partial charge < -0.3 is 14.8 Å². The Balaban J connectivity index is 1.23. The molecule has 5 rings (SSSR count). The Morgan fingerprint density at radius 2 is 1.73 bits per heavy atom. The molecule has 0 spiro atoms. The van der Waals surface area contributed by atoms with Gasteiger partial charge in [-0.2, -0.15) is 0 Å². The number of carbonyl (C=O) groups excluding carboxylic acids is 1. The minimum Gasteiger partial charge on any atom is -0.490 e. The molecule has 4 nitrogen and oxygen atoms in total. The average Bonchev–Trinajstić information content (AvgIpc) is 2.95. The second-order valence-electron chi connectivity index (χ2n) is 9.68. The smallest absolute Gasteiger partial charge is 0.337 e. The Hall–Kier alpha value is -3.70. The van der Waals surface area contributed by atoms with Gasteiger partial charge in [0, 0.05) is 22.9 Å². The van der Waals surface area contributed by atoms with Crippen LogP contribution in [0, 0.1) is 5.82 Å². The van der Waals surface area contributed by atoms with Crippen molar-refractivity contribution in [2.45, 2.75) is 44.2 Å². The van der Waals surface area contributed by atoms with E-state index < -0.39 is 0 Å². The van der Waals surface area contributed by atoms with E-state index in [1.807, 2.05) is 72.8 Å². The van der Waals surface area contributed by atoms with Crippen LogP contribution in [0.1, 0.15) is 65.2 Å². The summed E-state index contributed by atoms with van der Waals surface area (Å²) in [5.41, 5.74) is 4.01. The van der Waals surface area contributed by atoms with Crippen LogP contribution in [0.5, 0.6) is 5.75 Å². The second kappa shape index (κ2) is 11.1. The molecular weight excluding hydrogens is 465 g/mol. The van der Waals surface area contributed by atoms with E-state index in [9.17, 15) is 9.18 Å². The third-order valence-electron chi connectivity index (χ3n) is 7.35. The van der Waals surface area contributed by atoms with Crippen molar-refractivity contribution in [3.8, 4) is 5.75 Å². The fourth-order valence-corrected chi connectivity index (χ4v) is 5.38. The molecular formula is C32H32FNO3. The molecule has 0 amide bonds. The number of halogens is 1. The number of nitrogens with one attached hydrogen (secondary N) is 1. The molecule has 0 saturated heterocycles. The highest BCUT2D eigenvalue weighted by atomic mass is 19.1. The van der Waals surface area contributed by atoms with E-state index in [1.165, 1.54) is 18.2 Å². The average molecular weight is 498 g/mol. The van der Waals surface area contributed by atoms with Crippen LogP contribution in [0.4, 0.5) is 4.39 Å². The molecule has 1 aliphatic rings. The van der Waals surface area contributed by atoms with Crippen LogP contribution < -0.4 is 10.1 Å². The molecule has 1 aliphatic heterocycles. The summed E-state index contributed by atoms with van der Waals surface area (Å²) in [6, 6.07) is 27.1. The van der Waals surface area contributed by atoms with Crippen LogP contribution in [0.25, 0.3) is 10.8 Å². The van der Waals surface area contributed by atoms with Crippen molar-refractivity contribution in [2.24, 2.45) is 0 Å². The van der Waals surface area contributed by atoms with Crippen LogP contribution in [0.15, 0.2) is 84.9 Å². The minimum absolute atomic E-state index is 0.101. The Morgan fingerprint density at radius 1 is 1.00 bits per heavy atom. The topological polar surface area (TPSA) is 47.6 Å². The van der Waals surface area contributed by atoms with E-state index in [-0.39, 0.29) is 29.9 Å². The van der Waals surface area contributed by atoms with Gasteiger partial charge in [-0.3, -0.25) is 0 Å². The monoisotopic (exact) mass is 497 g/mol. The highest BCUT2D eigenvalue weighted by molar-refractivity contribution is 5.89. The lowest BCUT2D eigenvalue weighted by Gasteiger charge is -2.33. The number of rotatable bonds is 8. The molecule has 0 radical (unpaired) electrons. The molecule has 1 N–H and O–H groups in total. The van der Waals surface area contributed by atoms with Gasteiger partial charge in [0.25, 0.3) is 0 Å². The molecule has 0 saturated carbocycles. The lowest BCUT2D eigenvalue weighted by atomic mass is 9.83. The van der Waals surface area contributed by atoms with Crippen LogP contribution in [0.3, 0.4) is 0 Å². The summed E-state index contributed by atoms with van der Waals surface area (Å²) < 4.78 is 25.4. The maximum atomic E-state index is 14.2. The number of carbonyl (C=O) groups is 1. The fourth-order valence-electron chi connectivity index (χ4n) is 5.38. The van der Waals surface area contributed by atoms with Crippen LogP contribution in [-0.4, -0.2) is 25.7 Å². The van der Waals surface area contributed by atoms with Crippen molar-refractivity contribution in [3.63, 3.8) is 0 Å². The van der Waals surface area contributed by atoms with Crippen molar-refractivity contribution in [3.05, 3.63) is 113 Å². The number of para-hydroxylation sites is 1. The standard InChI is InChI=1S/C32H32FNO3/c1-21(25-17-18-30(33)27-10-4-3-9-26(25)27)34-19-7-8-24-20-29(28-11-5-6-12-31(28)37-24)22-13-15-23(16-14-22)32(35)36-2/h3-6,9-18,21,24,29,34H,7-8,19-20H2,1-2H3/t21?,24-,29-/m0/s1. The van der Waals surface area contributed by atoms with Gasteiger partial charge in [-0.15, -0.1) is 0 Å². The summed E-state index contributed by atoms with van der Waals surface area (Å²) >= 11 is 0. The van der Waals surface area contributed by atoms with E-state index in [1.54, 1.807) is 6.07 Å². The van der Waals surface area contributed by atoms with Gasteiger partial charge in [0.2, 0.25) is 0 Å². The Kier molecular flexibility index (Phi) is 7.52. The highest BCUT2D eigenvalue weighted by Crippen LogP contribution is 2.41. The number of benzene rings is 4. The predicted molar refractivity (Wildman–Crippen MR) is 145 cm³/mol. The van der Waals surface area contributed by atoms with Gasteiger partial charge in [-0.25, -0.2) is 9.18 Å². The fraction of sp³-hybridized carbons (Fsp3) is 0.281. The van der Waals surface area contributed by atoms with E-state index in [0.29, 0.717) is 10.9 Å². The number of fused-ring (bicyclic) bond motifs is 2. The number of hydrogen-bond acceptors (Lipinski definition) is 4. The van der Waals surface area contributed by atoms with Gasteiger partial charge in [-0.1, -0.05) is 60.7 Å². The maximum absolute atomic E-state index is 14.2. The molecule has 4 aromatic carbocycles. The van der Waals surface area contributed by atoms with E-state index in [0.717, 1.165) is 42.5 Å². The summed E-state index contributed by atoms with van der Waals surface area (Å²) in [6.45, 7) is 2.97. The zero-order valence-corrected chi connectivity index (χ0v) is 21.2. The number of hydrogen-bond donors (Lipinski definition) is 1. The van der Waals surface area contributed by atoms with E-state index in [2.05, 4.69) is 18.3 Å². The number of esters is 1. The molecule has 0 aliphatic carbocycles. The first kappa shape index (κ1) is 25.0. The van der Waals surface area contributed by atoms with Crippen molar-refractivity contribution >= 4 is 16.7 Å². The Bertz CT molecular complexity index is 1380. The summed E-state index contributed by atoms with van der Waals surface area (Å²) in [6.07, 6.45) is 2.87. The van der Waals surface area contributed by atoms with Gasteiger partial charge in [0.1, 0.15) is 11.6 Å². The van der Waals surface area contributed by atoms with Crippen molar-refractivity contribution < 1.29 is 18.7 Å². The SMILES string of the molecule is COC(=O)c1ccc([C@@H]2C[C@H](CCCNC(C)c3ccc(F)c4ccccc34)Oc3ccccc32)cc1. The summed E-state index contributed by atoms with van der Waals surface area (Å²) in [4.78, 5) is 11.9. The third-order valence-corrected chi connectivity index (χ3v) is 7.35. The lowest BCUT2D eigenvalue weighted by Crippen LogP contribution is -2.28. The number of ether oxygens (including phenoxy) is 2. The summed E-state index contributed by atoms with van der Waals surface area (Å²) in [5.74, 6) is 0.627. The van der Waals surface area contributed by atoms with Gasteiger partial charge >= 0.3 is 5.97 Å². The molecule has 0 aromatic heterocycles. The highest BCUT2D eigenvalue weighted by Gasteiger charge is 2.29. The molecule has 4 aromatic rings. The largest absolute Gasteiger partial charge is 0.490 e. The Morgan fingerprint density at radius 3 is 2.51 bits per heavy atom. The molecule has 190 valence electrons. The predicted octanol–water partition coefficient (Wildman–Crippen LogP) is 7.18. The van der Waals surface area contributed by atoms with Gasteiger partial charge in [0.05, 0.1) is 18.8 Å². The van der Waals surface area contributed by atoms with Crippen LogP contribution in [-0.2, 0) is 4.74 Å². The first-order chi connectivity index (χ1) is 18.0. The van der Waals surface area contributed by atoms with E-state index in [4.69, 9.17) is 9.47 Å². The first-order valence-electron chi connectivity index (χ1n) is 12.9. The molecule has 37 heavy (non-hydrogen) atoms. The second-order valence-corrected chi connectivity index (χ2v) is 9.68. The van der Waals surface area contributed by atoms with Crippen LogP contribution in [0.2, 0.25) is 0 Å². The van der Waals surface area contributed by atoms with Crippen molar-refractivity contribution in [1.29, 1.82) is 0 Å². The first-order valence-corrected chi connectivity index (χ1v) is 12.9. The zero-order valence-electron chi connectivity index (χ0n) is 21.2. The zero-order chi connectivity index (χ0) is 25.8. The maximum Gasteiger partial charge on any atom is 0.337 e. The van der Waals surface area contributed by atoms with Gasteiger partial charge in [0.15, 0.2) is 0 Å². The molecule has 1 heterocycles. The molecule has 5 heteroatoms. The summed E-state index contributed by atoms with van der Waals surface area (Å²) in [7, 11) is 1.40. The van der Waals surface area contributed by atoms with Crippen molar-refractivity contribution in [1.82, 2.24) is 5.32 Å². The normalized spacial score (nSPS) is 17.6. The lowest BCUT2D eigenvalue weighted by molar-refractivity contribution is 0.0600. The molecule has 1 unspecified atom stereocenters. The molecule has 3 atom stereocenters. The number of methoxy groups -OCH3 is 1. The quantitative estimate of drug-likeness (QED) is 0.207. The third kappa shape index (κ3) is 5.37. The minimum atomic E-state index is -0.327. The van der Waals surface area contributed by atoms with E-state index >= 15 is 0 Å². The summed E-state index contributed by atoms with van der Waals surface area (Å²) in [5, 5.41) is 5.23. The van der Waals surface area contributed by atoms with Gasteiger partial charge in [-0.05, 0) is 73.5 Å². The Labute approximate surface area is 217 Å². The van der Waals surface area contributed by atoms with Crippen molar-refractivity contribution in [2.75, 3.05) is 13.7 Å². The molecule has 0 fully saturated rings. The molecule has 0 bridgehead atoms. The van der Waals surface area contributed by atoms with Crippen LogP contribution >= 0.6 is 0 Å².